The van der Waals surface area contributed by atoms with E-state index in [1.807, 2.05) is 30.3 Å². The Balaban J connectivity index is 1.97. The SMILES string of the molecule is CCCC1CCN(c2nc3ccccc3cc2C#N)C1. The Kier molecular flexibility index (Phi) is 3.56. The molecule has 0 aliphatic carbocycles. The smallest absolute Gasteiger partial charge is 0.147 e. The van der Waals surface area contributed by atoms with Gasteiger partial charge in [0.15, 0.2) is 0 Å². The Labute approximate surface area is 119 Å². The van der Waals surface area contributed by atoms with E-state index in [9.17, 15) is 5.26 Å². The number of aromatic nitrogens is 1. The van der Waals surface area contributed by atoms with Crippen LogP contribution in [-0.4, -0.2) is 18.1 Å². The van der Waals surface area contributed by atoms with Gasteiger partial charge >= 0.3 is 0 Å². The van der Waals surface area contributed by atoms with Gasteiger partial charge in [-0.1, -0.05) is 31.5 Å². The zero-order chi connectivity index (χ0) is 13.9. The van der Waals surface area contributed by atoms with E-state index in [1.165, 1.54) is 19.3 Å². The third-order valence-corrected chi connectivity index (χ3v) is 4.11. The van der Waals surface area contributed by atoms with E-state index in [4.69, 9.17) is 4.98 Å². The van der Waals surface area contributed by atoms with Crippen molar-refractivity contribution in [3.63, 3.8) is 0 Å². The van der Waals surface area contributed by atoms with Crippen LogP contribution in [0.3, 0.4) is 0 Å². The molecule has 1 aromatic carbocycles. The van der Waals surface area contributed by atoms with Gasteiger partial charge in [-0.15, -0.1) is 0 Å². The van der Waals surface area contributed by atoms with E-state index in [-0.39, 0.29) is 0 Å². The second-order valence-electron chi connectivity index (χ2n) is 5.55. The molecule has 0 amide bonds. The monoisotopic (exact) mass is 265 g/mol. The molecule has 1 atom stereocenters. The second kappa shape index (κ2) is 5.50. The summed E-state index contributed by atoms with van der Waals surface area (Å²) in [5, 5.41) is 10.4. The van der Waals surface area contributed by atoms with Crippen molar-refractivity contribution in [3.8, 4) is 6.07 Å². The zero-order valence-electron chi connectivity index (χ0n) is 11.8. The summed E-state index contributed by atoms with van der Waals surface area (Å²) in [6.07, 6.45) is 3.72. The van der Waals surface area contributed by atoms with Gasteiger partial charge in [0.1, 0.15) is 11.9 Å². The lowest BCUT2D eigenvalue weighted by Gasteiger charge is -2.19. The van der Waals surface area contributed by atoms with Crippen molar-refractivity contribution in [2.75, 3.05) is 18.0 Å². The van der Waals surface area contributed by atoms with E-state index < -0.39 is 0 Å². The van der Waals surface area contributed by atoms with Gasteiger partial charge in [0.05, 0.1) is 11.1 Å². The first kappa shape index (κ1) is 12.9. The first-order chi connectivity index (χ1) is 9.81. The number of pyridine rings is 1. The number of nitrogens with zero attached hydrogens (tertiary/aromatic N) is 3. The van der Waals surface area contributed by atoms with Crippen molar-refractivity contribution in [2.24, 2.45) is 5.92 Å². The Hall–Kier alpha value is -2.08. The van der Waals surface area contributed by atoms with Crippen molar-refractivity contribution >= 4 is 16.7 Å². The summed E-state index contributed by atoms with van der Waals surface area (Å²) in [7, 11) is 0. The van der Waals surface area contributed by atoms with Crippen molar-refractivity contribution < 1.29 is 0 Å². The van der Waals surface area contributed by atoms with Crippen LogP contribution in [-0.2, 0) is 0 Å². The summed E-state index contributed by atoms with van der Waals surface area (Å²) in [5.41, 5.74) is 1.67. The molecule has 3 rings (SSSR count). The molecule has 0 radical (unpaired) electrons. The van der Waals surface area contributed by atoms with Gasteiger partial charge in [-0.2, -0.15) is 5.26 Å². The van der Waals surface area contributed by atoms with E-state index >= 15 is 0 Å². The molecule has 1 saturated heterocycles. The molecule has 1 aliphatic rings. The average molecular weight is 265 g/mol. The fraction of sp³-hybridized carbons (Fsp3) is 0.412. The number of hydrogen-bond acceptors (Lipinski definition) is 3. The van der Waals surface area contributed by atoms with Crippen molar-refractivity contribution in [1.29, 1.82) is 5.26 Å². The van der Waals surface area contributed by atoms with Crippen LogP contribution >= 0.6 is 0 Å². The van der Waals surface area contributed by atoms with Gasteiger partial charge < -0.3 is 4.90 Å². The molecule has 20 heavy (non-hydrogen) atoms. The van der Waals surface area contributed by atoms with Crippen molar-refractivity contribution in [1.82, 2.24) is 4.98 Å². The Morgan fingerprint density at radius 1 is 1.40 bits per heavy atom. The molecular weight excluding hydrogens is 246 g/mol. The van der Waals surface area contributed by atoms with Crippen LogP contribution < -0.4 is 4.90 Å². The molecule has 0 spiro atoms. The summed E-state index contributed by atoms with van der Waals surface area (Å²) in [5.74, 6) is 1.62. The highest BCUT2D eigenvalue weighted by Gasteiger charge is 2.24. The predicted octanol–water partition coefficient (Wildman–Crippen LogP) is 3.73. The molecule has 3 nitrogen and oxygen atoms in total. The molecule has 102 valence electrons. The van der Waals surface area contributed by atoms with Crippen LogP contribution in [0.1, 0.15) is 31.7 Å². The summed E-state index contributed by atoms with van der Waals surface area (Å²) in [6.45, 7) is 4.29. The van der Waals surface area contributed by atoms with Crippen LogP contribution in [0.2, 0.25) is 0 Å². The van der Waals surface area contributed by atoms with Gasteiger partial charge in [0.25, 0.3) is 0 Å². The normalized spacial score (nSPS) is 18.4. The Morgan fingerprint density at radius 3 is 3.05 bits per heavy atom. The van der Waals surface area contributed by atoms with Crippen LogP contribution in [0.25, 0.3) is 10.9 Å². The van der Waals surface area contributed by atoms with Gasteiger partial charge in [-0.05, 0) is 30.9 Å². The first-order valence-corrected chi connectivity index (χ1v) is 7.36. The first-order valence-electron chi connectivity index (χ1n) is 7.36. The fourth-order valence-electron chi connectivity index (χ4n) is 3.10. The number of nitriles is 1. The van der Waals surface area contributed by atoms with Crippen LogP contribution in [0, 0.1) is 17.2 Å². The maximum atomic E-state index is 9.39. The topological polar surface area (TPSA) is 39.9 Å². The molecular formula is C17H19N3. The molecule has 0 saturated carbocycles. The number of anilines is 1. The third kappa shape index (κ3) is 2.34. The van der Waals surface area contributed by atoms with E-state index in [1.54, 1.807) is 0 Å². The highest BCUT2D eigenvalue weighted by molar-refractivity contribution is 5.83. The molecule has 1 unspecified atom stereocenters. The molecule has 2 heterocycles. The van der Waals surface area contributed by atoms with Crippen molar-refractivity contribution in [2.45, 2.75) is 26.2 Å². The summed E-state index contributed by atoms with van der Waals surface area (Å²) in [6, 6.07) is 12.3. The Bertz CT molecular complexity index is 657. The van der Waals surface area contributed by atoms with Crippen LogP contribution in [0.15, 0.2) is 30.3 Å². The standard InChI is InChI=1S/C17H19N3/c1-2-5-13-8-9-20(12-13)17-15(11-18)10-14-6-3-4-7-16(14)19-17/h3-4,6-7,10,13H,2,5,8-9,12H2,1H3. The highest BCUT2D eigenvalue weighted by atomic mass is 15.2. The minimum Gasteiger partial charge on any atom is -0.355 e. The van der Waals surface area contributed by atoms with E-state index in [0.29, 0.717) is 5.56 Å². The van der Waals surface area contributed by atoms with Crippen LogP contribution in [0.4, 0.5) is 5.82 Å². The summed E-state index contributed by atoms with van der Waals surface area (Å²) < 4.78 is 0. The van der Waals surface area contributed by atoms with Gasteiger partial charge in [0, 0.05) is 18.5 Å². The number of para-hydroxylation sites is 1. The van der Waals surface area contributed by atoms with Gasteiger partial charge in [-0.3, -0.25) is 0 Å². The van der Waals surface area contributed by atoms with E-state index in [2.05, 4.69) is 17.9 Å². The van der Waals surface area contributed by atoms with Crippen molar-refractivity contribution in [3.05, 3.63) is 35.9 Å². The maximum Gasteiger partial charge on any atom is 0.147 e. The zero-order valence-corrected chi connectivity index (χ0v) is 11.8. The van der Waals surface area contributed by atoms with Gasteiger partial charge in [-0.25, -0.2) is 4.98 Å². The molecule has 0 N–H and O–H groups in total. The predicted molar refractivity (Wildman–Crippen MR) is 81.7 cm³/mol. The highest BCUT2D eigenvalue weighted by Crippen LogP contribution is 2.29. The number of rotatable bonds is 3. The molecule has 2 aromatic rings. The lowest BCUT2D eigenvalue weighted by molar-refractivity contribution is 0.529. The van der Waals surface area contributed by atoms with Crippen LogP contribution in [0.5, 0.6) is 0 Å². The van der Waals surface area contributed by atoms with Gasteiger partial charge in [0.2, 0.25) is 0 Å². The largest absolute Gasteiger partial charge is 0.355 e. The lowest BCUT2D eigenvalue weighted by atomic mass is 10.0. The third-order valence-electron chi connectivity index (χ3n) is 4.11. The minimum absolute atomic E-state index is 0.695. The average Bonchev–Trinajstić information content (AvgIpc) is 2.94. The molecule has 3 heteroatoms. The van der Waals surface area contributed by atoms with E-state index in [0.717, 1.165) is 35.7 Å². The molecule has 1 aliphatic heterocycles. The minimum atomic E-state index is 0.695. The number of hydrogen-bond donors (Lipinski definition) is 0. The molecule has 1 aromatic heterocycles. The lowest BCUT2D eigenvalue weighted by Crippen LogP contribution is -2.22. The summed E-state index contributed by atoms with van der Waals surface area (Å²) >= 11 is 0. The maximum absolute atomic E-state index is 9.39. The number of benzene rings is 1. The quantitative estimate of drug-likeness (QED) is 0.849. The number of fused-ring (bicyclic) bond motifs is 1. The second-order valence-corrected chi connectivity index (χ2v) is 5.55. The molecule has 1 fully saturated rings. The Morgan fingerprint density at radius 2 is 2.25 bits per heavy atom. The summed E-state index contributed by atoms with van der Waals surface area (Å²) in [4.78, 5) is 7.01. The molecule has 0 bridgehead atoms. The fourth-order valence-corrected chi connectivity index (χ4v) is 3.10.